The van der Waals surface area contributed by atoms with E-state index in [9.17, 15) is 9.59 Å². The van der Waals surface area contributed by atoms with Crippen molar-refractivity contribution < 1.29 is 38.3 Å². The Morgan fingerprint density at radius 1 is 1.13 bits per heavy atom. The van der Waals surface area contributed by atoms with E-state index < -0.39 is 26.5 Å². The van der Waals surface area contributed by atoms with Gasteiger partial charge in [-0.2, -0.15) is 0 Å². The predicted molar refractivity (Wildman–Crippen MR) is 110 cm³/mol. The van der Waals surface area contributed by atoms with Gasteiger partial charge in [-0.05, 0) is 0 Å². The summed E-state index contributed by atoms with van der Waals surface area (Å²) >= 11 is 0. The number of pyridine rings is 1. The number of aromatic nitrogens is 1. The molecule has 0 aliphatic carbocycles. The van der Waals surface area contributed by atoms with Crippen molar-refractivity contribution in [1.29, 1.82) is 0 Å². The van der Waals surface area contributed by atoms with Gasteiger partial charge in [-0.3, -0.25) is 4.90 Å². The molecule has 2 amide bonds. The zero-order chi connectivity index (χ0) is 21.8. The Bertz CT molecular complexity index is 1040. The Labute approximate surface area is 177 Å². The van der Waals surface area contributed by atoms with Gasteiger partial charge in [0.05, 0.1) is 6.54 Å². The number of ether oxygens (including phenoxy) is 2. The quantitative estimate of drug-likeness (QED) is 0.577. The maximum atomic E-state index is 12.3. The number of rotatable bonds is 5. The van der Waals surface area contributed by atoms with Gasteiger partial charge in [0, 0.05) is 0 Å². The van der Waals surface area contributed by atoms with Crippen molar-refractivity contribution in [2.45, 2.75) is 18.6 Å². The number of nitrogens with zero attached hydrogens (tertiary/aromatic N) is 3. The molecule has 1 aromatic heterocycles. The Morgan fingerprint density at radius 3 is 2.61 bits per heavy atom. The normalized spacial score (nSPS) is 22.9. The Balaban J connectivity index is 1.35. The van der Waals surface area contributed by atoms with Crippen molar-refractivity contribution in [2.24, 2.45) is 0 Å². The molecule has 2 saturated heterocycles. The Morgan fingerprint density at radius 2 is 1.94 bits per heavy atom. The molecule has 164 valence electrons. The van der Waals surface area contributed by atoms with Gasteiger partial charge in [-0.15, -0.1) is 0 Å². The molecule has 12 heteroatoms. The second-order valence-electron chi connectivity index (χ2n) is 7.46. The molecule has 2 aromatic rings. The minimum absolute atomic E-state index is 0.312. The van der Waals surface area contributed by atoms with Crippen LogP contribution in [0.5, 0.6) is 0 Å². The van der Waals surface area contributed by atoms with E-state index in [4.69, 9.17) is 24.2 Å². The Hall–Kier alpha value is -2.82. The van der Waals surface area contributed by atoms with Crippen LogP contribution < -0.4 is 9.80 Å². The third-order valence-corrected chi connectivity index (χ3v) is 6.09. The minimum atomic E-state index is -4.69. The molecule has 0 radical (unpaired) electrons. The summed E-state index contributed by atoms with van der Waals surface area (Å²) in [5.74, 6) is 0.523. The summed E-state index contributed by atoms with van der Waals surface area (Å²) in [6.45, 7) is 0.500. The first-order valence-corrected chi connectivity index (χ1v) is 11.4. The van der Waals surface area contributed by atoms with Crippen molar-refractivity contribution in [1.82, 2.24) is 4.98 Å². The van der Waals surface area contributed by atoms with Crippen molar-refractivity contribution in [3.05, 3.63) is 42.1 Å². The van der Waals surface area contributed by atoms with Crippen LogP contribution in [0.3, 0.4) is 0 Å². The average Bonchev–Trinajstić information content (AvgIpc) is 3.40. The molecule has 0 saturated carbocycles. The maximum absolute atomic E-state index is 12.3. The van der Waals surface area contributed by atoms with Crippen molar-refractivity contribution >= 4 is 31.9 Å². The van der Waals surface area contributed by atoms with Crippen molar-refractivity contribution in [3.8, 4) is 11.1 Å². The fraction of sp³-hybridized carbons (Fsp3) is 0.316. The zero-order valence-corrected chi connectivity index (χ0v) is 17.2. The first kappa shape index (κ1) is 20.1. The summed E-state index contributed by atoms with van der Waals surface area (Å²) in [4.78, 5) is 58.5. The van der Waals surface area contributed by atoms with Gasteiger partial charge in [-0.1, -0.05) is 0 Å². The van der Waals surface area contributed by atoms with Gasteiger partial charge in [0.25, 0.3) is 0 Å². The molecule has 31 heavy (non-hydrogen) atoms. The number of hydrogen-bond donors (Lipinski definition) is 3. The third kappa shape index (κ3) is 3.71. The molecule has 0 spiro atoms. The van der Waals surface area contributed by atoms with Crippen LogP contribution in [0.4, 0.5) is 21.1 Å². The summed E-state index contributed by atoms with van der Waals surface area (Å²) in [5.41, 5.74) is 3.39. The summed E-state index contributed by atoms with van der Waals surface area (Å²) in [6.07, 6.45) is 0.479. The molecule has 0 unspecified atom stereocenters. The molecule has 5 rings (SSSR count). The van der Waals surface area contributed by atoms with E-state index in [-0.39, 0.29) is 12.6 Å². The monoisotopic (exact) mass is 449 g/mol. The molecule has 3 N–H and O–H groups in total. The molecule has 4 heterocycles. The number of cyclic esters (lactones) is 2. The summed E-state index contributed by atoms with van der Waals surface area (Å²) in [6, 6.07) is 8.91. The van der Waals surface area contributed by atoms with Gasteiger partial charge < -0.3 is 4.74 Å². The van der Waals surface area contributed by atoms with Crippen LogP contribution in [-0.4, -0.2) is 63.8 Å². The first-order chi connectivity index (χ1) is 14.8. The van der Waals surface area contributed by atoms with Crippen LogP contribution in [0.15, 0.2) is 36.5 Å². The molecule has 11 nitrogen and oxygen atoms in total. The molecule has 2 atom stereocenters. The van der Waals surface area contributed by atoms with Crippen molar-refractivity contribution in [2.75, 3.05) is 29.6 Å². The molecular weight excluding hydrogens is 429 g/mol. The van der Waals surface area contributed by atoms with E-state index in [2.05, 4.69) is 9.51 Å². The van der Waals surface area contributed by atoms with Crippen LogP contribution in [0.2, 0.25) is 0 Å². The molecular formula is C19H20N3O8P. The predicted octanol–water partition coefficient (Wildman–Crippen LogP) is 1.36. The van der Waals surface area contributed by atoms with Crippen LogP contribution in [0.25, 0.3) is 11.1 Å². The number of carbonyl (C=O) groups is 2. The second-order valence-corrected chi connectivity index (χ2v) is 8.90. The second kappa shape index (κ2) is 7.40. The zero-order valence-electron chi connectivity index (χ0n) is 16.2. The summed E-state index contributed by atoms with van der Waals surface area (Å²) in [7, 11) is -4.69. The van der Waals surface area contributed by atoms with Gasteiger partial charge in [0.2, 0.25) is 0 Å². The van der Waals surface area contributed by atoms with E-state index in [1.54, 1.807) is 12.3 Å². The first-order valence-electron chi connectivity index (χ1n) is 9.65. The van der Waals surface area contributed by atoms with E-state index >= 15 is 0 Å². The number of benzene rings is 1. The Kier molecular flexibility index (Phi) is 4.80. The summed E-state index contributed by atoms with van der Waals surface area (Å²) in [5, 5.41) is 0. The number of carbonyl (C=O) groups excluding carboxylic acids is 2. The van der Waals surface area contributed by atoms with Gasteiger partial charge in [0.1, 0.15) is 6.61 Å². The van der Waals surface area contributed by atoms with E-state index in [0.29, 0.717) is 31.1 Å². The van der Waals surface area contributed by atoms with Crippen LogP contribution in [-0.2, 0) is 20.4 Å². The van der Waals surface area contributed by atoms with E-state index in [0.717, 1.165) is 16.7 Å². The van der Waals surface area contributed by atoms with E-state index in [1.165, 1.54) is 9.80 Å². The SMILES string of the molecule is O=C1OCCN1c1ccc(-c2ccc3c(c2)C[C@H]2[C@H](CO[PH](O)(O)O)OC(=O)N32)cn1. The number of hydrogen-bond acceptors (Lipinski definition) is 9. The average molecular weight is 449 g/mol. The van der Waals surface area contributed by atoms with Crippen LogP contribution in [0.1, 0.15) is 5.56 Å². The summed E-state index contributed by atoms with van der Waals surface area (Å²) < 4.78 is 14.9. The van der Waals surface area contributed by atoms with Gasteiger partial charge in [-0.25, -0.2) is 4.79 Å². The van der Waals surface area contributed by atoms with Crippen LogP contribution >= 0.6 is 8.17 Å². The molecule has 3 aliphatic rings. The number of anilines is 2. The number of amides is 2. The van der Waals surface area contributed by atoms with Gasteiger partial charge in [0.15, 0.2) is 0 Å². The standard InChI is InChI=1S/C19H20N3O8P/c23-18-21(5-6-28-18)17-4-2-12(9-20-17)11-1-3-14-13(7-11)8-15-16(10-29-31(25,26)27)30-19(24)22(14)15/h1-4,7,9,15-16,25-27,31H,5-6,8,10H2/t15-,16-/m0/s1. The van der Waals surface area contributed by atoms with E-state index in [1.807, 2.05) is 24.3 Å². The fourth-order valence-electron chi connectivity index (χ4n) is 4.11. The van der Waals surface area contributed by atoms with Crippen molar-refractivity contribution in [3.63, 3.8) is 0 Å². The third-order valence-electron chi connectivity index (χ3n) is 5.54. The van der Waals surface area contributed by atoms with Gasteiger partial charge >= 0.3 is 149 Å². The molecule has 1 aromatic carbocycles. The molecule has 3 aliphatic heterocycles. The fourth-order valence-corrected chi connectivity index (χ4v) is 4.50. The topological polar surface area (TPSA) is 142 Å². The van der Waals surface area contributed by atoms with Crippen LogP contribution in [0, 0.1) is 0 Å². The molecule has 2 fully saturated rings. The number of fused-ring (bicyclic) bond motifs is 3. The molecule has 0 bridgehead atoms.